The van der Waals surface area contributed by atoms with E-state index in [1.807, 2.05) is 30.3 Å². The second kappa shape index (κ2) is 5.13. The van der Waals surface area contributed by atoms with Gasteiger partial charge in [0.1, 0.15) is 0 Å². The van der Waals surface area contributed by atoms with E-state index >= 15 is 0 Å². The van der Waals surface area contributed by atoms with Crippen LogP contribution < -0.4 is 0 Å². The van der Waals surface area contributed by atoms with Crippen LogP contribution in [0.25, 0.3) is 0 Å². The van der Waals surface area contributed by atoms with E-state index in [-0.39, 0.29) is 19.5 Å². The first-order valence-electron chi connectivity index (χ1n) is 2.66. The monoisotopic (exact) mass is 185 g/mol. The molecule has 0 atom stereocenters. The minimum absolute atomic E-state index is 0. The average molecular weight is 187 g/mol. The van der Waals surface area contributed by atoms with Gasteiger partial charge in [-0.05, 0) is 5.56 Å². The van der Waals surface area contributed by atoms with Gasteiger partial charge in [-0.3, -0.25) is 0 Å². The Labute approximate surface area is 72.3 Å². The summed E-state index contributed by atoms with van der Waals surface area (Å²) in [6, 6.07) is 9.40. The number of oxime groups is 1. The van der Waals surface area contributed by atoms with Crippen LogP contribution >= 0.6 is 0 Å². The second-order valence-electron chi connectivity index (χ2n) is 1.66. The number of benzene rings is 1. The fourth-order valence-electron chi connectivity index (χ4n) is 0.606. The van der Waals surface area contributed by atoms with Crippen molar-refractivity contribution >= 4 is 6.21 Å². The van der Waals surface area contributed by atoms with E-state index in [4.69, 9.17) is 5.21 Å². The largest absolute Gasteiger partial charge is 0.411 e. The van der Waals surface area contributed by atoms with Gasteiger partial charge in [0.05, 0.1) is 6.21 Å². The van der Waals surface area contributed by atoms with Crippen LogP contribution in [-0.4, -0.2) is 11.4 Å². The Balaban J connectivity index is 0.000000810. The number of hydrogen-bond acceptors (Lipinski definition) is 2. The molecule has 0 amide bonds. The summed E-state index contributed by atoms with van der Waals surface area (Å²) in [5.74, 6) is 0. The molecule has 0 heterocycles. The van der Waals surface area contributed by atoms with Gasteiger partial charge in [0, 0.05) is 19.5 Å². The third kappa shape index (κ3) is 2.74. The molecule has 0 fully saturated rings. The number of hydrogen-bond donors (Lipinski definition) is 1. The van der Waals surface area contributed by atoms with Crippen molar-refractivity contribution in [1.82, 2.24) is 0 Å². The van der Waals surface area contributed by atoms with Crippen molar-refractivity contribution in [1.29, 1.82) is 0 Å². The quantitative estimate of drug-likeness (QED) is 0.307. The van der Waals surface area contributed by atoms with Crippen LogP contribution in [0, 0.1) is 0 Å². The zero-order valence-corrected chi connectivity index (χ0v) is 8.53. The number of nitrogens with zero attached hydrogens (tertiary/aromatic N) is 1. The summed E-state index contributed by atoms with van der Waals surface area (Å²) in [6.07, 6.45) is 1.39. The van der Waals surface area contributed by atoms with Crippen molar-refractivity contribution < 1.29 is 24.7 Å². The van der Waals surface area contributed by atoms with E-state index < -0.39 is 0 Å². The molecule has 0 saturated heterocycles. The van der Waals surface area contributed by atoms with Gasteiger partial charge >= 0.3 is 0 Å². The van der Waals surface area contributed by atoms with Gasteiger partial charge in [0.2, 0.25) is 0 Å². The average Bonchev–Trinajstić information content (AvgIpc) is 1.91. The summed E-state index contributed by atoms with van der Waals surface area (Å²) in [5, 5.41) is 11.0. The van der Waals surface area contributed by atoms with Crippen LogP contribution in [-0.2, 0) is 19.5 Å². The SMILES string of the molecule is O/N=C\c1ccccc1.[Zn]. The second-order valence-corrected chi connectivity index (χ2v) is 1.66. The van der Waals surface area contributed by atoms with Crippen molar-refractivity contribution in [2.45, 2.75) is 0 Å². The molecule has 0 radical (unpaired) electrons. The number of rotatable bonds is 1. The molecule has 3 heteroatoms. The smallest absolute Gasteiger partial charge is 0.0733 e. The van der Waals surface area contributed by atoms with Crippen molar-refractivity contribution in [3.63, 3.8) is 0 Å². The van der Waals surface area contributed by atoms with Crippen LogP contribution in [0.4, 0.5) is 0 Å². The van der Waals surface area contributed by atoms with Crippen molar-refractivity contribution in [2.75, 3.05) is 0 Å². The van der Waals surface area contributed by atoms with E-state index in [2.05, 4.69) is 5.16 Å². The molecule has 2 nitrogen and oxygen atoms in total. The topological polar surface area (TPSA) is 32.6 Å². The molecule has 0 aromatic heterocycles. The molecule has 1 rings (SSSR count). The van der Waals surface area contributed by atoms with Gasteiger partial charge in [-0.2, -0.15) is 0 Å². The van der Waals surface area contributed by atoms with E-state index in [1.165, 1.54) is 6.21 Å². The van der Waals surface area contributed by atoms with E-state index in [1.54, 1.807) is 0 Å². The molecule has 0 aliphatic heterocycles. The zero-order valence-electron chi connectivity index (χ0n) is 5.57. The summed E-state index contributed by atoms with van der Waals surface area (Å²) < 4.78 is 0. The molecule has 0 aliphatic rings. The first kappa shape index (κ1) is 9.31. The molecule has 1 aromatic carbocycles. The molecule has 0 spiro atoms. The Morgan fingerprint density at radius 1 is 1.20 bits per heavy atom. The molecule has 1 N–H and O–H groups in total. The minimum atomic E-state index is 0. The summed E-state index contributed by atoms with van der Waals surface area (Å²) in [5.41, 5.74) is 0.903. The molecular weight excluding hydrogens is 179 g/mol. The van der Waals surface area contributed by atoms with Crippen LogP contribution in [0.2, 0.25) is 0 Å². The van der Waals surface area contributed by atoms with Gasteiger partial charge in [0.25, 0.3) is 0 Å². The molecule has 0 bridgehead atoms. The van der Waals surface area contributed by atoms with Gasteiger partial charge in [-0.15, -0.1) is 0 Å². The molecule has 1 aromatic rings. The normalized spacial score (nSPS) is 9.20. The summed E-state index contributed by atoms with van der Waals surface area (Å²) in [6.45, 7) is 0. The van der Waals surface area contributed by atoms with Gasteiger partial charge in [0.15, 0.2) is 0 Å². The fraction of sp³-hybridized carbons (Fsp3) is 0. The summed E-state index contributed by atoms with van der Waals surface area (Å²) in [7, 11) is 0. The molecule has 0 saturated carbocycles. The van der Waals surface area contributed by atoms with Crippen LogP contribution in [0.3, 0.4) is 0 Å². The molecule has 48 valence electrons. The fourth-order valence-corrected chi connectivity index (χ4v) is 0.606. The summed E-state index contributed by atoms with van der Waals surface area (Å²) in [4.78, 5) is 0. The predicted octanol–water partition coefficient (Wildman–Crippen LogP) is 1.49. The Morgan fingerprint density at radius 3 is 2.30 bits per heavy atom. The Bertz CT molecular complexity index is 198. The predicted molar refractivity (Wildman–Crippen MR) is 35.8 cm³/mol. The van der Waals surface area contributed by atoms with Crippen molar-refractivity contribution in [3.05, 3.63) is 35.9 Å². The van der Waals surface area contributed by atoms with Gasteiger partial charge in [-0.25, -0.2) is 0 Å². The van der Waals surface area contributed by atoms with Gasteiger partial charge in [-0.1, -0.05) is 35.5 Å². The van der Waals surface area contributed by atoms with E-state index in [9.17, 15) is 0 Å². The van der Waals surface area contributed by atoms with E-state index in [0.29, 0.717) is 0 Å². The molecule has 0 unspecified atom stereocenters. The van der Waals surface area contributed by atoms with Gasteiger partial charge < -0.3 is 5.21 Å². The Morgan fingerprint density at radius 2 is 1.80 bits per heavy atom. The molecule has 0 aliphatic carbocycles. The Kier molecular flexibility index (Phi) is 4.77. The third-order valence-corrected chi connectivity index (χ3v) is 1.01. The van der Waals surface area contributed by atoms with Crippen LogP contribution in [0.5, 0.6) is 0 Å². The maximum atomic E-state index is 8.09. The van der Waals surface area contributed by atoms with Crippen molar-refractivity contribution in [3.8, 4) is 0 Å². The first-order chi connectivity index (χ1) is 4.43. The molecule has 10 heavy (non-hydrogen) atoms. The first-order valence-corrected chi connectivity index (χ1v) is 2.66. The van der Waals surface area contributed by atoms with Crippen LogP contribution in [0.15, 0.2) is 35.5 Å². The minimum Gasteiger partial charge on any atom is -0.411 e. The van der Waals surface area contributed by atoms with Crippen molar-refractivity contribution in [2.24, 2.45) is 5.16 Å². The van der Waals surface area contributed by atoms with E-state index in [0.717, 1.165) is 5.56 Å². The maximum Gasteiger partial charge on any atom is 0.0733 e. The standard InChI is InChI=1S/C7H7NO.Zn/c9-8-6-7-4-2-1-3-5-7;/h1-6,9H;/b8-6-;. The zero-order chi connectivity index (χ0) is 6.53. The maximum absolute atomic E-state index is 8.09. The van der Waals surface area contributed by atoms with Crippen LogP contribution in [0.1, 0.15) is 5.56 Å². The molecular formula is C7H7NOZn. The third-order valence-electron chi connectivity index (χ3n) is 1.01. The Hall–Kier alpha value is -0.687. The summed E-state index contributed by atoms with van der Waals surface area (Å²) >= 11 is 0.